The zero-order chi connectivity index (χ0) is 24.0. The number of likely N-dealkylation sites (tertiary alicyclic amines) is 1. The standard InChI is InChI=1S/C19H22FN5O.C2HF3O2/c20-18-5-1-4-15-6-7-16(21-19(15)18)11-24-8-2-3-14(9-24)10-25-12-17(13-26)22-23-25;3-2(4,5)1(6)7/h1,4-7,12,14,26H,2-3,8-11,13H2;(H,6,7). The van der Waals surface area contributed by atoms with E-state index < -0.39 is 12.1 Å². The summed E-state index contributed by atoms with van der Waals surface area (Å²) in [5.41, 5.74) is 1.93. The van der Waals surface area contributed by atoms with Crippen LogP contribution in [0.5, 0.6) is 0 Å². The van der Waals surface area contributed by atoms with E-state index in [1.165, 1.54) is 6.07 Å². The van der Waals surface area contributed by atoms with Crippen LogP contribution in [0.4, 0.5) is 17.6 Å². The molecule has 2 aromatic heterocycles. The van der Waals surface area contributed by atoms with Crippen molar-refractivity contribution in [3.05, 3.63) is 53.7 Å². The Morgan fingerprint density at radius 1 is 1.18 bits per heavy atom. The summed E-state index contributed by atoms with van der Waals surface area (Å²) in [4.78, 5) is 15.8. The first kappa shape index (κ1) is 24.5. The van der Waals surface area contributed by atoms with Gasteiger partial charge in [-0.2, -0.15) is 13.2 Å². The number of fused-ring (bicyclic) bond motifs is 1. The lowest BCUT2D eigenvalue weighted by molar-refractivity contribution is -0.192. The molecule has 2 N–H and O–H groups in total. The van der Waals surface area contributed by atoms with Crippen LogP contribution < -0.4 is 0 Å². The fourth-order valence-corrected chi connectivity index (χ4v) is 3.68. The first-order valence-corrected chi connectivity index (χ1v) is 10.2. The third-order valence-corrected chi connectivity index (χ3v) is 5.15. The Morgan fingerprint density at radius 3 is 2.61 bits per heavy atom. The van der Waals surface area contributed by atoms with Crippen molar-refractivity contribution < 1.29 is 32.6 Å². The number of aliphatic carboxylic acids is 1. The van der Waals surface area contributed by atoms with Gasteiger partial charge in [-0.1, -0.05) is 23.4 Å². The summed E-state index contributed by atoms with van der Waals surface area (Å²) < 4.78 is 47.5. The molecular weight excluding hydrogens is 446 g/mol. The molecule has 1 fully saturated rings. The van der Waals surface area contributed by atoms with Gasteiger partial charge in [0.1, 0.15) is 17.0 Å². The maximum Gasteiger partial charge on any atom is 0.490 e. The number of piperidine rings is 1. The zero-order valence-corrected chi connectivity index (χ0v) is 17.5. The molecule has 33 heavy (non-hydrogen) atoms. The summed E-state index contributed by atoms with van der Waals surface area (Å²) in [7, 11) is 0. The normalized spacial score (nSPS) is 16.9. The van der Waals surface area contributed by atoms with Crippen LogP contribution in [0.1, 0.15) is 24.2 Å². The highest BCUT2D eigenvalue weighted by molar-refractivity contribution is 5.79. The molecule has 1 saturated heterocycles. The monoisotopic (exact) mass is 469 g/mol. The molecule has 3 heterocycles. The van der Waals surface area contributed by atoms with Gasteiger partial charge < -0.3 is 10.2 Å². The Balaban J connectivity index is 0.000000383. The van der Waals surface area contributed by atoms with Crippen LogP contribution in [0.25, 0.3) is 10.9 Å². The fourth-order valence-electron chi connectivity index (χ4n) is 3.68. The molecule has 1 unspecified atom stereocenters. The SMILES string of the molecule is O=C(O)C(F)(F)F.OCc1cn(CC2CCCN(Cc3ccc4cccc(F)c4n3)C2)nn1. The summed E-state index contributed by atoms with van der Waals surface area (Å²) in [5.74, 6) is -2.55. The molecule has 3 aromatic rings. The molecule has 0 amide bonds. The molecule has 1 atom stereocenters. The smallest absolute Gasteiger partial charge is 0.475 e. The van der Waals surface area contributed by atoms with E-state index in [4.69, 9.17) is 15.0 Å². The highest BCUT2D eigenvalue weighted by atomic mass is 19.4. The molecule has 4 rings (SSSR count). The zero-order valence-electron chi connectivity index (χ0n) is 17.5. The summed E-state index contributed by atoms with van der Waals surface area (Å²) in [6.07, 6.45) is -1.02. The molecule has 0 aliphatic carbocycles. The number of carbonyl (C=O) groups is 1. The average Bonchev–Trinajstić information content (AvgIpc) is 3.22. The number of hydrogen-bond donors (Lipinski definition) is 2. The Labute approximate surface area is 186 Å². The minimum atomic E-state index is -5.08. The lowest BCUT2D eigenvalue weighted by Gasteiger charge is -2.32. The molecule has 0 saturated carbocycles. The number of para-hydroxylation sites is 1. The van der Waals surface area contributed by atoms with Gasteiger partial charge in [-0.3, -0.25) is 9.58 Å². The summed E-state index contributed by atoms with van der Waals surface area (Å²) >= 11 is 0. The minimum absolute atomic E-state index is 0.0824. The molecule has 1 aromatic carbocycles. The van der Waals surface area contributed by atoms with Crippen LogP contribution in [0, 0.1) is 11.7 Å². The van der Waals surface area contributed by atoms with Crippen molar-refractivity contribution >= 4 is 16.9 Å². The van der Waals surface area contributed by atoms with E-state index in [9.17, 15) is 17.6 Å². The van der Waals surface area contributed by atoms with Gasteiger partial charge in [0.2, 0.25) is 0 Å². The van der Waals surface area contributed by atoms with Crippen LogP contribution in [0.3, 0.4) is 0 Å². The molecule has 0 radical (unpaired) electrons. The van der Waals surface area contributed by atoms with E-state index >= 15 is 0 Å². The largest absolute Gasteiger partial charge is 0.490 e. The van der Waals surface area contributed by atoms with Crippen molar-refractivity contribution in [2.24, 2.45) is 5.92 Å². The predicted octanol–water partition coefficient (Wildman–Crippen LogP) is 3.00. The summed E-state index contributed by atoms with van der Waals surface area (Å²) in [5, 5.41) is 25.1. The van der Waals surface area contributed by atoms with Crippen molar-refractivity contribution in [2.45, 2.75) is 38.7 Å². The molecule has 12 heteroatoms. The first-order chi connectivity index (χ1) is 15.7. The van der Waals surface area contributed by atoms with Crippen LogP contribution in [-0.4, -0.2) is 60.3 Å². The van der Waals surface area contributed by atoms with Gasteiger partial charge >= 0.3 is 12.1 Å². The molecule has 0 bridgehead atoms. The minimum Gasteiger partial charge on any atom is -0.475 e. The van der Waals surface area contributed by atoms with E-state index in [1.54, 1.807) is 12.3 Å². The number of aliphatic hydroxyl groups is 1. The van der Waals surface area contributed by atoms with Crippen LogP contribution in [-0.2, 0) is 24.5 Å². The van der Waals surface area contributed by atoms with Crippen molar-refractivity contribution in [3.63, 3.8) is 0 Å². The fraction of sp³-hybridized carbons (Fsp3) is 0.429. The van der Waals surface area contributed by atoms with Gasteiger partial charge in [0.25, 0.3) is 0 Å². The van der Waals surface area contributed by atoms with E-state index in [-0.39, 0.29) is 12.4 Å². The number of pyridine rings is 1. The molecule has 0 spiro atoms. The third kappa shape index (κ3) is 6.93. The lowest BCUT2D eigenvalue weighted by Crippen LogP contribution is -2.36. The van der Waals surface area contributed by atoms with Crippen LogP contribution in [0.15, 0.2) is 36.5 Å². The van der Waals surface area contributed by atoms with Gasteiger partial charge in [0.05, 0.1) is 18.5 Å². The number of halogens is 4. The van der Waals surface area contributed by atoms with E-state index in [2.05, 4.69) is 20.2 Å². The number of carboxylic acid groups (broad SMARTS) is 1. The third-order valence-electron chi connectivity index (χ3n) is 5.15. The van der Waals surface area contributed by atoms with E-state index in [0.717, 1.165) is 50.1 Å². The second-order valence-corrected chi connectivity index (χ2v) is 7.75. The average molecular weight is 469 g/mol. The number of hydrogen-bond acceptors (Lipinski definition) is 6. The van der Waals surface area contributed by atoms with Crippen molar-refractivity contribution in [3.8, 4) is 0 Å². The van der Waals surface area contributed by atoms with Gasteiger partial charge in [0.15, 0.2) is 0 Å². The number of aromatic nitrogens is 4. The number of alkyl halides is 3. The predicted molar refractivity (Wildman–Crippen MR) is 109 cm³/mol. The maximum absolute atomic E-state index is 14.0. The highest BCUT2D eigenvalue weighted by Gasteiger charge is 2.38. The second kappa shape index (κ2) is 10.7. The van der Waals surface area contributed by atoms with E-state index in [1.807, 2.05) is 22.9 Å². The second-order valence-electron chi connectivity index (χ2n) is 7.75. The maximum atomic E-state index is 14.0. The summed E-state index contributed by atoms with van der Waals surface area (Å²) in [6, 6.07) is 8.96. The van der Waals surface area contributed by atoms with Gasteiger partial charge in [-0.05, 0) is 37.4 Å². The van der Waals surface area contributed by atoms with Crippen LogP contribution >= 0.6 is 0 Å². The van der Waals surface area contributed by atoms with Crippen LogP contribution in [0.2, 0.25) is 0 Å². The van der Waals surface area contributed by atoms with Gasteiger partial charge in [-0.15, -0.1) is 5.10 Å². The number of benzene rings is 1. The molecular formula is C21H23F4N5O3. The highest BCUT2D eigenvalue weighted by Crippen LogP contribution is 2.21. The molecule has 1 aliphatic rings. The quantitative estimate of drug-likeness (QED) is 0.554. The number of rotatable bonds is 5. The Morgan fingerprint density at radius 2 is 1.94 bits per heavy atom. The van der Waals surface area contributed by atoms with Gasteiger partial charge in [-0.25, -0.2) is 14.2 Å². The number of aliphatic hydroxyl groups excluding tert-OH is 1. The van der Waals surface area contributed by atoms with E-state index in [0.29, 0.717) is 17.1 Å². The first-order valence-electron chi connectivity index (χ1n) is 10.2. The van der Waals surface area contributed by atoms with Crippen molar-refractivity contribution in [1.82, 2.24) is 24.9 Å². The Bertz CT molecular complexity index is 1090. The lowest BCUT2D eigenvalue weighted by atomic mass is 9.98. The Kier molecular flexibility index (Phi) is 7.92. The molecule has 8 nitrogen and oxygen atoms in total. The molecule has 178 valence electrons. The topological polar surface area (TPSA) is 104 Å². The number of nitrogens with zero attached hydrogens (tertiary/aromatic N) is 5. The van der Waals surface area contributed by atoms with Gasteiger partial charge in [0, 0.05) is 25.0 Å². The summed E-state index contributed by atoms with van der Waals surface area (Å²) in [6.45, 7) is 3.41. The Hall–Kier alpha value is -3.12. The van der Waals surface area contributed by atoms with Crippen molar-refractivity contribution in [2.75, 3.05) is 13.1 Å². The number of carboxylic acids is 1. The molecule has 1 aliphatic heterocycles. The van der Waals surface area contributed by atoms with Crippen molar-refractivity contribution in [1.29, 1.82) is 0 Å².